The number of aromatic nitrogens is 4. The number of aliphatic hydroxyl groups excluding tert-OH is 1. The number of aryl methyl sites for hydroxylation is 2. The molecule has 0 unspecified atom stereocenters. The third-order valence-corrected chi connectivity index (χ3v) is 5.61. The van der Waals surface area contributed by atoms with Crippen molar-refractivity contribution in [1.82, 2.24) is 19.9 Å². The lowest BCUT2D eigenvalue weighted by molar-refractivity contribution is 0.186. The highest BCUT2D eigenvalue weighted by molar-refractivity contribution is 7.13. The van der Waals surface area contributed by atoms with Gasteiger partial charge in [-0.3, -0.25) is 4.98 Å². The van der Waals surface area contributed by atoms with Crippen molar-refractivity contribution in [2.75, 3.05) is 6.54 Å². The van der Waals surface area contributed by atoms with Gasteiger partial charge in [0.25, 0.3) is 0 Å². The van der Waals surface area contributed by atoms with Crippen molar-refractivity contribution in [3.8, 4) is 39.7 Å². The summed E-state index contributed by atoms with van der Waals surface area (Å²) in [6.07, 6.45) is 2.23. The summed E-state index contributed by atoms with van der Waals surface area (Å²) in [6.45, 7) is 3.90. The molecule has 8 nitrogen and oxygen atoms in total. The normalized spacial score (nSPS) is 11.7. The van der Waals surface area contributed by atoms with Crippen LogP contribution >= 0.6 is 11.3 Å². The molecule has 0 aliphatic heterocycles. The number of aliphatic hydroxyl groups is 1. The van der Waals surface area contributed by atoms with Crippen LogP contribution < -0.4 is 10.5 Å². The zero-order chi connectivity index (χ0) is 22.7. The first-order chi connectivity index (χ1) is 15.5. The molecule has 0 aliphatic rings. The van der Waals surface area contributed by atoms with Crippen LogP contribution in [0.4, 0.5) is 0 Å². The molecule has 1 atom stereocenters. The fourth-order valence-corrected chi connectivity index (χ4v) is 3.81. The number of nitriles is 1. The third kappa shape index (κ3) is 4.63. The summed E-state index contributed by atoms with van der Waals surface area (Å²) in [5, 5.41) is 22.0. The van der Waals surface area contributed by atoms with Gasteiger partial charge in [-0.05, 0) is 32.0 Å². The fourth-order valence-electron chi connectivity index (χ4n) is 3.05. The van der Waals surface area contributed by atoms with Gasteiger partial charge in [0.05, 0.1) is 23.3 Å². The van der Waals surface area contributed by atoms with Crippen LogP contribution in [0.1, 0.15) is 28.6 Å². The fraction of sp³-hybridized carbons (Fsp3) is 0.174. The highest BCUT2D eigenvalue weighted by Crippen LogP contribution is 2.34. The van der Waals surface area contributed by atoms with Gasteiger partial charge < -0.3 is 15.6 Å². The Balaban J connectivity index is 1.73. The Hall–Kier alpha value is -3.71. The van der Waals surface area contributed by atoms with E-state index < -0.39 is 6.10 Å². The molecule has 0 saturated carbocycles. The Labute approximate surface area is 189 Å². The van der Waals surface area contributed by atoms with Crippen LogP contribution in [0.3, 0.4) is 0 Å². The van der Waals surface area contributed by atoms with Crippen LogP contribution in [0.15, 0.2) is 48.1 Å². The van der Waals surface area contributed by atoms with E-state index in [2.05, 4.69) is 26.0 Å². The number of pyridine rings is 1. The SMILES string of the molecule is Cc1cc(Oc2cc(C#N)ccc2-c2ncc([C@H](O)CN)cn2)cc(-c2nc(C)cs2)n1. The Morgan fingerprint density at radius 1 is 1.12 bits per heavy atom. The predicted molar refractivity (Wildman–Crippen MR) is 121 cm³/mol. The molecule has 3 N–H and O–H groups in total. The number of ether oxygens (including phenoxy) is 1. The maximum absolute atomic E-state index is 9.88. The number of nitrogens with two attached hydrogens (primary N) is 1. The highest BCUT2D eigenvalue weighted by Gasteiger charge is 2.15. The zero-order valence-electron chi connectivity index (χ0n) is 17.5. The Bertz CT molecular complexity index is 1300. The van der Waals surface area contributed by atoms with E-state index in [4.69, 9.17) is 10.5 Å². The number of thiazole rings is 1. The van der Waals surface area contributed by atoms with Crippen molar-refractivity contribution in [3.05, 3.63) is 70.6 Å². The van der Waals surface area contributed by atoms with Crippen molar-refractivity contribution < 1.29 is 9.84 Å². The van der Waals surface area contributed by atoms with Crippen LogP contribution in [0.2, 0.25) is 0 Å². The van der Waals surface area contributed by atoms with Crippen LogP contribution in [-0.2, 0) is 0 Å². The van der Waals surface area contributed by atoms with Gasteiger partial charge in [0, 0.05) is 53.4 Å². The molecule has 0 aliphatic carbocycles. The van der Waals surface area contributed by atoms with Gasteiger partial charge in [-0.2, -0.15) is 5.26 Å². The van der Waals surface area contributed by atoms with Crippen LogP contribution in [0.5, 0.6) is 11.5 Å². The maximum Gasteiger partial charge on any atom is 0.162 e. The van der Waals surface area contributed by atoms with Crippen molar-refractivity contribution >= 4 is 11.3 Å². The van der Waals surface area contributed by atoms with E-state index in [1.807, 2.05) is 31.4 Å². The van der Waals surface area contributed by atoms with E-state index >= 15 is 0 Å². The van der Waals surface area contributed by atoms with Gasteiger partial charge in [-0.15, -0.1) is 11.3 Å². The minimum atomic E-state index is -0.826. The molecule has 4 rings (SSSR count). The molecule has 3 heterocycles. The molecule has 4 aromatic rings. The van der Waals surface area contributed by atoms with Gasteiger partial charge >= 0.3 is 0 Å². The highest BCUT2D eigenvalue weighted by atomic mass is 32.1. The summed E-state index contributed by atoms with van der Waals surface area (Å²) >= 11 is 1.52. The topological polar surface area (TPSA) is 131 Å². The lowest BCUT2D eigenvalue weighted by Gasteiger charge is -2.13. The van der Waals surface area contributed by atoms with Gasteiger partial charge in [-0.25, -0.2) is 15.0 Å². The number of hydrogen-bond donors (Lipinski definition) is 2. The molecule has 160 valence electrons. The minimum absolute atomic E-state index is 0.0796. The molecule has 0 bridgehead atoms. The van der Waals surface area contributed by atoms with Crippen molar-refractivity contribution in [2.24, 2.45) is 5.73 Å². The van der Waals surface area contributed by atoms with E-state index in [-0.39, 0.29) is 6.54 Å². The van der Waals surface area contributed by atoms with E-state index in [0.717, 1.165) is 16.4 Å². The van der Waals surface area contributed by atoms with Crippen LogP contribution in [-0.4, -0.2) is 31.6 Å². The number of hydrogen-bond acceptors (Lipinski definition) is 9. The summed E-state index contributed by atoms with van der Waals surface area (Å²) in [7, 11) is 0. The van der Waals surface area contributed by atoms with Gasteiger partial charge in [0.15, 0.2) is 5.82 Å². The molecule has 9 heteroatoms. The van der Waals surface area contributed by atoms with E-state index in [1.165, 1.54) is 23.7 Å². The maximum atomic E-state index is 9.88. The van der Waals surface area contributed by atoms with Crippen molar-refractivity contribution in [1.29, 1.82) is 5.26 Å². The molecular weight excluding hydrogens is 424 g/mol. The molecule has 0 saturated heterocycles. The number of benzene rings is 1. The Morgan fingerprint density at radius 2 is 1.91 bits per heavy atom. The molecule has 0 radical (unpaired) electrons. The molecule has 0 spiro atoms. The molecule has 0 amide bonds. The van der Waals surface area contributed by atoms with E-state index in [0.29, 0.717) is 39.7 Å². The van der Waals surface area contributed by atoms with Crippen molar-refractivity contribution in [2.45, 2.75) is 20.0 Å². The Morgan fingerprint density at radius 3 is 2.56 bits per heavy atom. The quantitative estimate of drug-likeness (QED) is 0.457. The van der Waals surface area contributed by atoms with Crippen LogP contribution in [0.25, 0.3) is 22.1 Å². The van der Waals surface area contributed by atoms with E-state index in [9.17, 15) is 10.4 Å². The zero-order valence-corrected chi connectivity index (χ0v) is 18.3. The molecule has 3 aromatic heterocycles. The van der Waals surface area contributed by atoms with Gasteiger partial charge in [-0.1, -0.05) is 0 Å². The first kappa shape index (κ1) is 21.5. The third-order valence-electron chi connectivity index (χ3n) is 4.62. The summed E-state index contributed by atoms with van der Waals surface area (Å²) < 4.78 is 6.19. The first-order valence-electron chi connectivity index (χ1n) is 9.80. The Kier molecular flexibility index (Phi) is 6.18. The second kappa shape index (κ2) is 9.20. The largest absolute Gasteiger partial charge is 0.456 e. The van der Waals surface area contributed by atoms with Crippen molar-refractivity contribution in [3.63, 3.8) is 0 Å². The summed E-state index contributed by atoms with van der Waals surface area (Å²) in [5.74, 6) is 1.40. The summed E-state index contributed by atoms with van der Waals surface area (Å²) in [5.41, 5.74) is 9.50. The van der Waals surface area contributed by atoms with E-state index in [1.54, 1.807) is 18.2 Å². The van der Waals surface area contributed by atoms with Crippen LogP contribution in [0, 0.1) is 25.2 Å². The molecular formula is C23H20N6O2S. The molecule has 32 heavy (non-hydrogen) atoms. The molecule has 0 fully saturated rings. The first-order valence-corrected chi connectivity index (χ1v) is 10.7. The van der Waals surface area contributed by atoms with Gasteiger partial charge in [0.2, 0.25) is 0 Å². The smallest absolute Gasteiger partial charge is 0.162 e. The van der Waals surface area contributed by atoms with Gasteiger partial charge in [0.1, 0.15) is 22.2 Å². The summed E-state index contributed by atoms with van der Waals surface area (Å²) in [6, 6.07) is 10.8. The second-order valence-corrected chi connectivity index (χ2v) is 8.00. The lowest BCUT2D eigenvalue weighted by Crippen LogP contribution is -2.12. The average Bonchev–Trinajstić information content (AvgIpc) is 3.24. The molecule has 1 aromatic carbocycles. The monoisotopic (exact) mass is 444 g/mol. The second-order valence-electron chi connectivity index (χ2n) is 7.14. The average molecular weight is 445 g/mol. The number of nitrogens with zero attached hydrogens (tertiary/aromatic N) is 5. The lowest BCUT2D eigenvalue weighted by atomic mass is 10.1. The predicted octanol–water partition coefficient (Wildman–Crippen LogP) is 3.94. The standard InChI is InChI=1S/C23H20N6O2S/c1-13-5-17(7-19(28-13)23-29-14(2)12-32-23)31-21-6-15(8-24)3-4-18(21)22-26-10-16(11-27-22)20(30)9-25/h3-7,10-12,20,30H,9,25H2,1-2H3/t20-/m1/s1. The number of rotatable bonds is 6. The minimum Gasteiger partial charge on any atom is -0.456 e. The summed E-state index contributed by atoms with van der Waals surface area (Å²) in [4.78, 5) is 17.8.